The SMILES string of the molecule is CN(Cc1cccc(C#N)c1)CC1CCC1. The van der Waals surface area contributed by atoms with E-state index in [0.717, 1.165) is 18.0 Å². The molecule has 1 saturated carbocycles. The highest BCUT2D eigenvalue weighted by Crippen LogP contribution is 2.27. The van der Waals surface area contributed by atoms with Crippen LogP contribution in [0.2, 0.25) is 0 Å². The average molecular weight is 214 g/mol. The summed E-state index contributed by atoms with van der Waals surface area (Å²) in [4.78, 5) is 2.36. The third-order valence-electron chi connectivity index (χ3n) is 3.30. The molecule has 0 aliphatic heterocycles. The molecule has 0 heterocycles. The lowest BCUT2D eigenvalue weighted by Crippen LogP contribution is -2.29. The minimum Gasteiger partial charge on any atom is -0.302 e. The van der Waals surface area contributed by atoms with Gasteiger partial charge in [-0.15, -0.1) is 0 Å². The quantitative estimate of drug-likeness (QED) is 0.770. The molecule has 2 nitrogen and oxygen atoms in total. The summed E-state index contributed by atoms with van der Waals surface area (Å²) >= 11 is 0. The highest BCUT2D eigenvalue weighted by Gasteiger charge is 2.18. The maximum Gasteiger partial charge on any atom is 0.0991 e. The normalized spacial score (nSPS) is 15.8. The van der Waals surface area contributed by atoms with Crippen LogP contribution in [0, 0.1) is 17.2 Å². The Kier molecular flexibility index (Phi) is 3.58. The molecule has 1 aliphatic rings. The van der Waals surface area contributed by atoms with Crippen LogP contribution in [0.4, 0.5) is 0 Å². The van der Waals surface area contributed by atoms with Crippen LogP contribution in [-0.4, -0.2) is 18.5 Å². The molecule has 0 radical (unpaired) electrons. The fraction of sp³-hybridized carbons (Fsp3) is 0.500. The molecule has 1 aromatic carbocycles. The highest BCUT2D eigenvalue weighted by atomic mass is 15.1. The van der Waals surface area contributed by atoms with Crippen LogP contribution in [-0.2, 0) is 6.54 Å². The maximum atomic E-state index is 8.83. The Labute approximate surface area is 97.5 Å². The van der Waals surface area contributed by atoms with Crippen molar-refractivity contribution in [1.82, 2.24) is 4.90 Å². The zero-order valence-corrected chi connectivity index (χ0v) is 9.82. The van der Waals surface area contributed by atoms with E-state index >= 15 is 0 Å². The summed E-state index contributed by atoms with van der Waals surface area (Å²) in [6, 6.07) is 10.1. The van der Waals surface area contributed by atoms with Crippen LogP contribution in [0.3, 0.4) is 0 Å². The van der Waals surface area contributed by atoms with Crippen molar-refractivity contribution in [3.8, 4) is 6.07 Å². The fourth-order valence-corrected chi connectivity index (χ4v) is 2.23. The van der Waals surface area contributed by atoms with Gasteiger partial charge in [0.2, 0.25) is 0 Å². The molecule has 0 bridgehead atoms. The number of hydrogen-bond donors (Lipinski definition) is 0. The number of benzene rings is 1. The van der Waals surface area contributed by atoms with Gasteiger partial charge in [0.25, 0.3) is 0 Å². The topological polar surface area (TPSA) is 27.0 Å². The van der Waals surface area contributed by atoms with Gasteiger partial charge in [-0.2, -0.15) is 5.26 Å². The van der Waals surface area contributed by atoms with E-state index in [1.165, 1.54) is 31.4 Å². The van der Waals surface area contributed by atoms with Gasteiger partial charge in [-0.05, 0) is 43.5 Å². The minimum atomic E-state index is 0.759. The molecule has 0 spiro atoms. The van der Waals surface area contributed by atoms with Crippen LogP contribution in [0.25, 0.3) is 0 Å². The standard InChI is InChI=1S/C14H18N2/c1-16(10-12-4-2-5-12)11-14-7-3-6-13(8-14)9-15/h3,6-8,12H,2,4-5,10-11H2,1H3. The zero-order chi connectivity index (χ0) is 11.4. The first kappa shape index (κ1) is 11.2. The van der Waals surface area contributed by atoms with Crippen LogP contribution in [0.1, 0.15) is 30.4 Å². The largest absolute Gasteiger partial charge is 0.302 e. The van der Waals surface area contributed by atoms with Crippen molar-refractivity contribution < 1.29 is 0 Å². The smallest absolute Gasteiger partial charge is 0.0991 e. The maximum absolute atomic E-state index is 8.83. The van der Waals surface area contributed by atoms with Crippen molar-refractivity contribution in [3.63, 3.8) is 0 Å². The van der Waals surface area contributed by atoms with Crippen molar-refractivity contribution in [2.75, 3.05) is 13.6 Å². The Hall–Kier alpha value is -1.33. The van der Waals surface area contributed by atoms with E-state index in [4.69, 9.17) is 5.26 Å². The van der Waals surface area contributed by atoms with Crippen molar-refractivity contribution in [2.45, 2.75) is 25.8 Å². The molecule has 0 aromatic heterocycles. The van der Waals surface area contributed by atoms with Crippen LogP contribution in [0.5, 0.6) is 0 Å². The van der Waals surface area contributed by atoms with Gasteiger partial charge in [0.05, 0.1) is 11.6 Å². The number of hydrogen-bond acceptors (Lipinski definition) is 2. The van der Waals surface area contributed by atoms with Gasteiger partial charge in [-0.25, -0.2) is 0 Å². The van der Waals surface area contributed by atoms with Gasteiger partial charge in [-0.1, -0.05) is 18.6 Å². The molecule has 0 saturated heterocycles. The lowest BCUT2D eigenvalue weighted by Gasteiger charge is -2.30. The van der Waals surface area contributed by atoms with E-state index in [2.05, 4.69) is 24.1 Å². The van der Waals surface area contributed by atoms with Crippen molar-refractivity contribution in [2.24, 2.45) is 5.92 Å². The molecule has 1 aromatic rings. The molecule has 0 atom stereocenters. The molecule has 0 N–H and O–H groups in total. The Morgan fingerprint density at radius 2 is 2.25 bits per heavy atom. The number of nitriles is 1. The van der Waals surface area contributed by atoms with Crippen molar-refractivity contribution >= 4 is 0 Å². The lowest BCUT2D eigenvalue weighted by atomic mass is 9.85. The summed E-state index contributed by atoms with van der Waals surface area (Å²) in [6.45, 7) is 2.14. The van der Waals surface area contributed by atoms with Gasteiger partial charge in [0.1, 0.15) is 0 Å². The summed E-state index contributed by atoms with van der Waals surface area (Å²) in [6.07, 6.45) is 4.19. The zero-order valence-electron chi connectivity index (χ0n) is 9.82. The molecule has 1 fully saturated rings. The molecule has 84 valence electrons. The van der Waals surface area contributed by atoms with Gasteiger partial charge in [0, 0.05) is 13.1 Å². The molecule has 0 unspecified atom stereocenters. The Morgan fingerprint density at radius 1 is 1.44 bits per heavy atom. The van der Waals surface area contributed by atoms with Crippen molar-refractivity contribution in [1.29, 1.82) is 5.26 Å². The summed E-state index contributed by atoms with van der Waals surface area (Å²) in [7, 11) is 2.16. The molecular weight excluding hydrogens is 196 g/mol. The summed E-state index contributed by atoms with van der Waals surface area (Å²) in [5.41, 5.74) is 2.00. The first-order valence-corrected chi connectivity index (χ1v) is 5.95. The Balaban J connectivity index is 1.89. The Bertz CT molecular complexity index is 388. The van der Waals surface area contributed by atoms with Gasteiger partial charge in [0.15, 0.2) is 0 Å². The van der Waals surface area contributed by atoms with E-state index in [9.17, 15) is 0 Å². The molecule has 0 amide bonds. The summed E-state index contributed by atoms with van der Waals surface area (Å²) in [5.74, 6) is 0.907. The number of rotatable bonds is 4. The monoisotopic (exact) mass is 214 g/mol. The third kappa shape index (κ3) is 2.84. The lowest BCUT2D eigenvalue weighted by molar-refractivity contribution is 0.200. The van der Waals surface area contributed by atoms with Gasteiger partial charge >= 0.3 is 0 Å². The molecular formula is C14H18N2. The molecule has 16 heavy (non-hydrogen) atoms. The summed E-state index contributed by atoms with van der Waals surface area (Å²) in [5, 5.41) is 8.83. The van der Waals surface area contributed by atoms with Crippen molar-refractivity contribution in [3.05, 3.63) is 35.4 Å². The molecule has 2 heteroatoms. The predicted molar refractivity (Wildman–Crippen MR) is 64.8 cm³/mol. The van der Waals surface area contributed by atoms with E-state index < -0.39 is 0 Å². The van der Waals surface area contributed by atoms with Crippen LogP contribution in [0.15, 0.2) is 24.3 Å². The second-order valence-corrected chi connectivity index (χ2v) is 4.81. The van der Waals surface area contributed by atoms with E-state index in [0.29, 0.717) is 0 Å². The predicted octanol–water partition coefficient (Wildman–Crippen LogP) is 2.79. The molecule has 2 rings (SSSR count). The minimum absolute atomic E-state index is 0.759. The summed E-state index contributed by atoms with van der Waals surface area (Å²) < 4.78 is 0. The van der Waals surface area contributed by atoms with E-state index in [-0.39, 0.29) is 0 Å². The Morgan fingerprint density at radius 3 is 2.88 bits per heavy atom. The second-order valence-electron chi connectivity index (χ2n) is 4.81. The average Bonchev–Trinajstić information content (AvgIpc) is 2.24. The van der Waals surface area contributed by atoms with Crippen LogP contribution >= 0.6 is 0 Å². The molecule has 1 aliphatic carbocycles. The fourth-order valence-electron chi connectivity index (χ4n) is 2.23. The second kappa shape index (κ2) is 5.14. The highest BCUT2D eigenvalue weighted by molar-refractivity contribution is 5.32. The van der Waals surface area contributed by atoms with Crippen LogP contribution < -0.4 is 0 Å². The van der Waals surface area contributed by atoms with Gasteiger partial charge in [-0.3, -0.25) is 0 Å². The first-order chi connectivity index (χ1) is 7.78. The van der Waals surface area contributed by atoms with E-state index in [1.54, 1.807) is 0 Å². The third-order valence-corrected chi connectivity index (χ3v) is 3.30. The van der Waals surface area contributed by atoms with E-state index in [1.807, 2.05) is 18.2 Å². The number of nitrogens with zero attached hydrogens (tertiary/aromatic N) is 2. The van der Waals surface area contributed by atoms with Gasteiger partial charge < -0.3 is 4.90 Å². The first-order valence-electron chi connectivity index (χ1n) is 5.95.